The van der Waals surface area contributed by atoms with Crippen molar-refractivity contribution in [2.75, 3.05) is 13.3 Å². The number of hydrogen-bond donors (Lipinski definition) is 2. The van der Waals surface area contributed by atoms with Crippen molar-refractivity contribution in [2.24, 2.45) is 0 Å². The molecule has 1 heterocycles. The van der Waals surface area contributed by atoms with Gasteiger partial charge in [-0.3, -0.25) is 9.59 Å². The molecular formula is C22H24N2O4. The van der Waals surface area contributed by atoms with E-state index in [1.807, 2.05) is 6.92 Å². The van der Waals surface area contributed by atoms with Gasteiger partial charge in [0, 0.05) is 5.56 Å². The van der Waals surface area contributed by atoms with Crippen LogP contribution >= 0.6 is 0 Å². The van der Waals surface area contributed by atoms with Crippen molar-refractivity contribution in [2.45, 2.75) is 38.6 Å². The van der Waals surface area contributed by atoms with Crippen LogP contribution in [0.25, 0.3) is 0 Å². The maximum absolute atomic E-state index is 12.3. The molecule has 2 aliphatic rings. The summed E-state index contributed by atoms with van der Waals surface area (Å²) in [5.74, 6) is 0.612. The fraction of sp³-hybridized carbons (Fsp3) is 0.364. The van der Waals surface area contributed by atoms with Gasteiger partial charge in [0.05, 0.1) is 12.6 Å². The quantitative estimate of drug-likeness (QED) is 0.836. The first kappa shape index (κ1) is 18.3. The van der Waals surface area contributed by atoms with Crippen LogP contribution in [0.4, 0.5) is 0 Å². The Kier molecular flexibility index (Phi) is 5.19. The average Bonchev–Trinajstić information content (AvgIpc) is 3.19. The maximum atomic E-state index is 12.3. The molecule has 2 N–H and O–H groups in total. The average molecular weight is 380 g/mol. The van der Waals surface area contributed by atoms with E-state index < -0.39 is 0 Å². The lowest BCUT2D eigenvalue weighted by molar-refractivity contribution is -0.120. The Morgan fingerprint density at radius 2 is 1.79 bits per heavy atom. The molecule has 0 bridgehead atoms. The minimum atomic E-state index is -0.324. The van der Waals surface area contributed by atoms with Gasteiger partial charge in [0.1, 0.15) is 0 Å². The van der Waals surface area contributed by atoms with Gasteiger partial charge in [0.15, 0.2) is 11.5 Å². The second-order valence-corrected chi connectivity index (χ2v) is 7.28. The maximum Gasteiger partial charge on any atom is 0.251 e. The lowest BCUT2D eigenvalue weighted by atomic mass is 9.89. The highest BCUT2D eigenvalue weighted by Gasteiger charge is 2.18. The molecule has 6 heteroatoms. The van der Waals surface area contributed by atoms with E-state index in [1.54, 1.807) is 18.2 Å². The van der Waals surface area contributed by atoms with Crippen LogP contribution in [0.15, 0.2) is 36.4 Å². The van der Waals surface area contributed by atoms with Gasteiger partial charge in [0.2, 0.25) is 12.7 Å². The first-order valence-electron chi connectivity index (χ1n) is 9.69. The minimum absolute atomic E-state index is 0.0808. The third-order valence-corrected chi connectivity index (χ3v) is 5.29. The lowest BCUT2D eigenvalue weighted by Gasteiger charge is -2.20. The number of rotatable bonds is 5. The van der Waals surface area contributed by atoms with Crippen molar-refractivity contribution in [3.05, 3.63) is 58.7 Å². The molecule has 0 radical (unpaired) electrons. The van der Waals surface area contributed by atoms with E-state index in [4.69, 9.17) is 9.47 Å². The van der Waals surface area contributed by atoms with Crippen molar-refractivity contribution < 1.29 is 19.1 Å². The van der Waals surface area contributed by atoms with Crippen LogP contribution in [0.5, 0.6) is 11.5 Å². The first-order chi connectivity index (χ1) is 13.6. The van der Waals surface area contributed by atoms with E-state index in [1.165, 1.54) is 24.0 Å². The molecule has 0 spiro atoms. The molecule has 2 aromatic rings. The monoisotopic (exact) mass is 380 g/mol. The molecule has 28 heavy (non-hydrogen) atoms. The first-order valence-corrected chi connectivity index (χ1v) is 9.69. The Morgan fingerprint density at radius 3 is 2.64 bits per heavy atom. The van der Waals surface area contributed by atoms with Crippen LogP contribution < -0.4 is 20.1 Å². The van der Waals surface area contributed by atoms with Crippen LogP contribution in [0, 0.1) is 0 Å². The van der Waals surface area contributed by atoms with E-state index in [9.17, 15) is 9.59 Å². The summed E-state index contributed by atoms with van der Waals surface area (Å²) in [5.41, 5.74) is 4.33. The summed E-state index contributed by atoms with van der Waals surface area (Å²) in [6.45, 7) is 2.04. The summed E-state index contributed by atoms with van der Waals surface area (Å²) >= 11 is 0. The smallest absolute Gasteiger partial charge is 0.251 e. The van der Waals surface area contributed by atoms with Gasteiger partial charge in [-0.25, -0.2) is 0 Å². The summed E-state index contributed by atoms with van der Waals surface area (Å²) < 4.78 is 10.5. The molecule has 0 saturated carbocycles. The normalized spacial score (nSPS) is 15.5. The highest BCUT2D eigenvalue weighted by molar-refractivity contribution is 5.97. The van der Waals surface area contributed by atoms with Crippen LogP contribution in [-0.2, 0) is 17.6 Å². The topological polar surface area (TPSA) is 76.7 Å². The van der Waals surface area contributed by atoms with Gasteiger partial charge in [-0.05, 0) is 67.5 Å². The van der Waals surface area contributed by atoms with Crippen molar-refractivity contribution in [1.29, 1.82) is 0 Å². The number of ether oxygens (including phenoxy) is 2. The molecule has 0 unspecified atom stereocenters. The summed E-state index contributed by atoms with van der Waals surface area (Å²) in [6, 6.07) is 11.3. The largest absolute Gasteiger partial charge is 0.454 e. The van der Waals surface area contributed by atoms with Crippen molar-refractivity contribution in [1.82, 2.24) is 10.6 Å². The van der Waals surface area contributed by atoms with E-state index in [-0.39, 0.29) is 31.2 Å². The second kappa shape index (κ2) is 7.92. The summed E-state index contributed by atoms with van der Waals surface area (Å²) in [6.07, 6.45) is 4.72. The fourth-order valence-electron chi connectivity index (χ4n) is 3.70. The number of hydrogen-bond acceptors (Lipinski definition) is 4. The highest BCUT2D eigenvalue weighted by Crippen LogP contribution is 2.32. The molecule has 0 fully saturated rings. The highest BCUT2D eigenvalue weighted by atomic mass is 16.7. The zero-order chi connectivity index (χ0) is 19.5. The van der Waals surface area contributed by atoms with Crippen molar-refractivity contribution in [3.8, 4) is 11.5 Å². The van der Waals surface area contributed by atoms with E-state index in [2.05, 4.69) is 28.8 Å². The number of carbonyl (C=O) groups excluding carboxylic acids is 2. The molecule has 146 valence electrons. The van der Waals surface area contributed by atoms with Gasteiger partial charge >= 0.3 is 0 Å². The molecular weight excluding hydrogens is 356 g/mol. The molecule has 4 rings (SSSR count). The van der Waals surface area contributed by atoms with Crippen molar-refractivity contribution in [3.63, 3.8) is 0 Å². The van der Waals surface area contributed by atoms with Gasteiger partial charge in [-0.1, -0.05) is 18.2 Å². The third kappa shape index (κ3) is 3.96. The Hall–Kier alpha value is -3.02. The predicted molar refractivity (Wildman–Crippen MR) is 105 cm³/mol. The van der Waals surface area contributed by atoms with Gasteiger partial charge in [-0.15, -0.1) is 0 Å². The van der Waals surface area contributed by atoms with Crippen LogP contribution in [0.2, 0.25) is 0 Å². The Morgan fingerprint density at radius 1 is 1.00 bits per heavy atom. The Balaban J connectivity index is 1.31. The lowest BCUT2D eigenvalue weighted by Crippen LogP contribution is -2.38. The van der Waals surface area contributed by atoms with Crippen molar-refractivity contribution >= 4 is 11.8 Å². The third-order valence-electron chi connectivity index (χ3n) is 5.29. The summed E-state index contributed by atoms with van der Waals surface area (Å²) in [5, 5.41) is 5.60. The molecule has 2 aromatic carbocycles. The van der Waals surface area contributed by atoms with Crippen LogP contribution in [0.3, 0.4) is 0 Å². The molecule has 1 aliphatic carbocycles. The molecule has 1 aliphatic heterocycles. The van der Waals surface area contributed by atoms with E-state index >= 15 is 0 Å². The molecule has 6 nitrogen and oxygen atoms in total. The number of carbonyl (C=O) groups is 2. The zero-order valence-electron chi connectivity index (χ0n) is 15.9. The van der Waals surface area contributed by atoms with Crippen LogP contribution in [-0.4, -0.2) is 25.2 Å². The molecule has 0 aromatic heterocycles. The molecule has 2 amide bonds. The molecule has 1 atom stereocenters. The number of amides is 2. The van der Waals surface area contributed by atoms with E-state index in [0.29, 0.717) is 17.1 Å². The SMILES string of the molecule is C[C@@H](NC(=O)CNC(=O)c1ccc2c(c1)OCO2)c1ccc2c(c1)CCCC2. The fourth-order valence-corrected chi connectivity index (χ4v) is 3.70. The van der Waals surface area contributed by atoms with Gasteiger partial charge < -0.3 is 20.1 Å². The summed E-state index contributed by atoms with van der Waals surface area (Å²) in [7, 11) is 0. The Labute approximate surface area is 164 Å². The van der Waals surface area contributed by atoms with Gasteiger partial charge in [0.25, 0.3) is 5.91 Å². The Bertz CT molecular complexity index is 909. The van der Waals surface area contributed by atoms with E-state index in [0.717, 1.165) is 18.4 Å². The minimum Gasteiger partial charge on any atom is -0.454 e. The van der Waals surface area contributed by atoms with Gasteiger partial charge in [-0.2, -0.15) is 0 Å². The number of fused-ring (bicyclic) bond motifs is 2. The number of aryl methyl sites for hydroxylation is 2. The number of nitrogens with one attached hydrogen (secondary N) is 2. The summed E-state index contributed by atoms with van der Waals surface area (Å²) in [4.78, 5) is 24.5. The standard InChI is InChI=1S/C22H24N2O4/c1-14(16-7-6-15-4-2-3-5-17(15)10-16)24-21(25)12-23-22(26)18-8-9-19-20(11-18)28-13-27-19/h6-11,14H,2-5,12-13H2,1H3,(H,23,26)(H,24,25)/t14-/m1/s1. The second-order valence-electron chi connectivity index (χ2n) is 7.28. The zero-order valence-corrected chi connectivity index (χ0v) is 15.9. The molecule has 0 saturated heterocycles. The van der Waals surface area contributed by atoms with Crippen LogP contribution in [0.1, 0.15) is 52.9 Å². The number of benzene rings is 2. The predicted octanol–water partition coefficient (Wildman–Crippen LogP) is 2.90.